The number of sulfonamides is 1. The fourth-order valence-electron chi connectivity index (χ4n) is 3.41. The maximum Gasteiger partial charge on any atom is 0.389 e. The molecule has 1 aliphatic rings. The largest absolute Gasteiger partial charge is 0.389 e. The number of carbonyl (C=O) groups is 1. The first-order valence-electron chi connectivity index (χ1n) is 9.72. The topological polar surface area (TPSA) is 79.4 Å². The molecule has 12 heteroatoms. The van der Waals surface area contributed by atoms with Crippen molar-refractivity contribution in [2.45, 2.75) is 49.3 Å². The molecule has 0 radical (unpaired) electrons. The predicted molar refractivity (Wildman–Crippen MR) is 104 cm³/mol. The lowest BCUT2D eigenvalue weighted by atomic mass is 10.1. The van der Waals surface area contributed by atoms with Crippen LogP contribution in [0.1, 0.15) is 30.5 Å². The fraction of sp³-hybridized carbons (Fsp3) is 0.400. The van der Waals surface area contributed by atoms with Crippen molar-refractivity contribution >= 4 is 15.9 Å². The minimum atomic E-state index is -4.31. The molecule has 1 fully saturated rings. The van der Waals surface area contributed by atoms with E-state index in [1.54, 1.807) is 0 Å². The van der Waals surface area contributed by atoms with Crippen molar-refractivity contribution in [3.63, 3.8) is 0 Å². The summed E-state index contributed by atoms with van der Waals surface area (Å²) in [5.41, 5.74) is 0.732. The van der Waals surface area contributed by atoms with Gasteiger partial charge in [0.05, 0.1) is 4.90 Å². The molecule has 1 amide bonds. The summed E-state index contributed by atoms with van der Waals surface area (Å²) in [5, 5.41) is 2.59. The Hall–Kier alpha value is -2.60. The number of nitrogens with one attached hydrogen (secondary N) is 1. The summed E-state index contributed by atoms with van der Waals surface area (Å²) in [6.07, 6.45) is -3.65. The number of halogens is 5. The molecule has 3 rings (SSSR count). The number of benzene rings is 1. The molecule has 1 aromatic heterocycles. The van der Waals surface area contributed by atoms with E-state index in [4.69, 9.17) is 0 Å². The second kappa shape index (κ2) is 9.49. The smallest absolute Gasteiger partial charge is 0.351 e. The summed E-state index contributed by atoms with van der Waals surface area (Å²) in [5.74, 6) is -3.10. The van der Waals surface area contributed by atoms with Gasteiger partial charge < -0.3 is 5.32 Å². The predicted octanol–water partition coefficient (Wildman–Crippen LogP) is 3.32. The van der Waals surface area contributed by atoms with Gasteiger partial charge in [-0.1, -0.05) is 0 Å². The Kier molecular flexibility index (Phi) is 7.13. The zero-order valence-electron chi connectivity index (χ0n) is 16.7. The molecule has 1 unspecified atom stereocenters. The number of aryl methyl sites for hydroxylation is 1. The van der Waals surface area contributed by atoms with Crippen molar-refractivity contribution in [2.24, 2.45) is 0 Å². The van der Waals surface area contributed by atoms with Crippen LogP contribution in [-0.4, -0.2) is 42.4 Å². The highest BCUT2D eigenvalue weighted by Crippen LogP contribution is 2.27. The second-order valence-electron chi connectivity index (χ2n) is 7.34. The van der Waals surface area contributed by atoms with E-state index in [0.717, 1.165) is 10.4 Å². The van der Waals surface area contributed by atoms with Gasteiger partial charge in [-0.3, -0.25) is 9.78 Å². The number of aromatic nitrogens is 1. The van der Waals surface area contributed by atoms with Crippen LogP contribution in [0.5, 0.6) is 0 Å². The molecule has 2 heterocycles. The van der Waals surface area contributed by atoms with Gasteiger partial charge in [-0.05, 0) is 55.2 Å². The molecule has 174 valence electrons. The van der Waals surface area contributed by atoms with Crippen molar-refractivity contribution in [2.75, 3.05) is 6.54 Å². The highest BCUT2D eigenvalue weighted by Gasteiger charge is 2.39. The van der Waals surface area contributed by atoms with Crippen molar-refractivity contribution in [3.05, 3.63) is 59.4 Å². The monoisotopic (exact) mass is 477 g/mol. The van der Waals surface area contributed by atoms with Gasteiger partial charge in [0, 0.05) is 31.4 Å². The number of pyridine rings is 1. The van der Waals surface area contributed by atoms with Crippen LogP contribution in [0.15, 0.2) is 41.4 Å². The number of amides is 1. The van der Waals surface area contributed by atoms with Crippen LogP contribution in [0.4, 0.5) is 22.0 Å². The van der Waals surface area contributed by atoms with E-state index in [0.29, 0.717) is 24.1 Å². The van der Waals surface area contributed by atoms with Crippen molar-refractivity contribution in [1.29, 1.82) is 0 Å². The van der Waals surface area contributed by atoms with Crippen molar-refractivity contribution < 1.29 is 35.2 Å². The molecule has 1 atom stereocenters. The Morgan fingerprint density at radius 1 is 1.16 bits per heavy atom. The van der Waals surface area contributed by atoms with Crippen LogP contribution in [0, 0.1) is 11.6 Å². The van der Waals surface area contributed by atoms with Crippen LogP contribution >= 0.6 is 0 Å². The first-order valence-corrected chi connectivity index (χ1v) is 11.2. The number of hydrogen-bond acceptors (Lipinski definition) is 4. The molecule has 6 nitrogen and oxygen atoms in total. The molecule has 0 spiro atoms. The zero-order chi connectivity index (χ0) is 23.5. The molecule has 32 heavy (non-hydrogen) atoms. The average Bonchev–Trinajstić information content (AvgIpc) is 3.23. The molecule has 1 N–H and O–H groups in total. The maximum absolute atomic E-state index is 13.5. The van der Waals surface area contributed by atoms with Crippen molar-refractivity contribution in [1.82, 2.24) is 14.6 Å². The summed E-state index contributed by atoms with van der Waals surface area (Å²) in [7, 11) is -4.23. The van der Waals surface area contributed by atoms with E-state index < -0.39 is 51.1 Å². The lowest BCUT2D eigenvalue weighted by Gasteiger charge is -2.23. The molecular formula is C20H20F5N3O3S. The van der Waals surface area contributed by atoms with Gasteiger partial charge in [0.1, 0.15) is 6.04 Å². The van der Waals surface area contributed by atoms with Crippen LogP contribution in [-0.2, 0) is 27.8 Å². The molecule has 0 aliphatic carbocycles. The Labute approximate surface area is 181 Å². The molecule has 0 saturated carbocycles. The highest BCUT2D eigenvalue weighted by atomic mass is 32.2. The standard InChI is InChI=1S/C20H20F5N3O3S/c21-16-4-3-15(11-17(16)22)32(30,31)28-9-1-2-18(28)19(29)27-12-13-6-8-26-14(10-13)5-7-20(23,24)25/h3-4,6,8,10-11,18H,1-2,5,7,9,12H2,(H,27,29). The highest BCUT2D eigenvalue weighted by molar-refractivity contribution is 7.89. The molecule has 2 aromatic rings. The maximum atomic E-state index is 13.5. The van der Waals surface area contributed by atoms with E-state index in [2.05, 4.69) is 10.3 Å². The van der Waals surface area contributed by atoms with Gasteiger partial charge in [-0.15, -0.1) is 0 Å². The van der Waals surface area contributed by atoms with E-state index in [9.17, 15) is 35.2 Å². The number of alkyl halides is 3. The third-order valence-corrected chi connectivity index (χ3v) is 6.92. The van der Waals surface area contributed by atoms with Gasteiger partial charge in [0.2, 0.25) is 15.9 Å². The summed E-state index contributed by atoms with van der Waals surface area (Å²) in [6, 6.07) is 4.13. The average molecular weight is 477 g/mol. The Morgan fingerprint density at radius 3 is 2.59 bits per heavy atom. The first-order chi connectivity index (χ1) is 15.0. The van der Waals surface area contributed by atoms with Gasteiger partial charge in [-0.2, -0.15) is 17.5 Å². The Balaban J connectivity index is 1.67. The minimum absolute atomic E-state index is 0.0318. The molecule has 1 saturated heterocycles. The lowest BCUT2D eigenvalue weighted by molar-refractivity contribution is -0.134. The van der Waals surface area contributed by atoms with E-state index in [1.165, 1.54) is 18.3 Å². The van der Waals surface area contributed by atoms with Crippen LogP contribution in [0.2, 0.25) is 0 Å². The van der Waals surface area contributed by atoms with Gasteiger partial charge >= 0.3 is 6.18 Å². The van der Waals surface area contributed by atoms with E-state index >= 15 is 0 Å². The Bertz CT molecular complexity index is 1090. The van der Waals surface area contributed by atoms with Gasteiger partial charge in [-0.25, -0.2) is 17.2 Å². The zero-order valence-corrected chi connectivity index (χ0v) is 17.5. The summed E-state index contributed by atoms with van der Waals surface area (Å²) in [6.45, 7) is 0.00615. The SMILES string of the molecule is O=C(NCc1ccnc(CCC(F)(F)F)c1)C1CCCN1S(=O)(=O)c1ccc(F)c(F)c1. The quantitative estimate of drug-likeness (QED) is 0.621. The van der Waals surface area contributed by atoms with Gasteiger partial charge in [0.25, 0.3) is 0 Å². The second-order valence-corrected chi connectivity index (χ2v) is 9.23. The normalized spacial score (nSPS) is 17.5. The van der Waals surface area contributed by atoms with Crippen LogP contribution in [0.3, 0.4) is 0 Å². The number of carbonyl (C=O) groups excluding carboxylic acids is 1. The number of nitrogens with zero attached hydrogens (tertiary/aromatic N) is 2. The summed E-state index contributed by atoms with van der Waals surface area (Å²) in [4.78, 5) is 16.1. The summed E-state index contributed by atoms with van der Waals surface area (Å²) < 4.78 is 90.5. The lowest BCUT2D eigenvalue weighted by Crippen LogP contribution is -2.45. The Morgan fingerprint density at radius 2 is 1.91 bits per heavy atom. The molecular weight excluding hydrogens is 457 g/mol. The molecule has 1 aliphatic heterocycles. The number of rotatable bonds is 7. The van der Waals surface area contributed by atoms with Crippen molar-refractivity contribution in [3.8, 4) is 0 Å². The first kappa shape index (κ1) is 24.1. The molecule has 0 bridgehead atoms. The third kappa shape index (κ3) is 5.80. The third-order valence-electron chi connectivity index (χ3n) is 5.02. The summed E-state index contributed by atoms with van der Waals surface area (Å²) >= 11 is 0. The van der Waals surface area contributed by atoms with Gasteiger partial charge in [0.15, 0.2) is 11.6 Å². The van der Waals surface area contributed by atoms with Crippen LogP contribution < -0.4 is 5.32 Å². The van der Waals surface area contributed by atoms with Crippen LogP contribution in [0.25, 0.3) is 0 Å². The van der Waals surface area contributed by atoms with E-state index in [-0.39, 0.29) is 31.6 Å². The fourth-order valence-corrected chi connectivity index (χ4v) is 5.08. The molecule has 1 aromatic carbocycles. The number of hydrogen-bond donors (Lipinski definition) is 1. The van der Waals surface area contributed by atoms with E-state index in [1.807, 2.05) is 0 Å². The minimum Gasteiger partial charge on any atom is -0.351 e.